The fraction of sp³-hybridized carbons (Fsp3) is 0.424. The first-order chi connectivity index (χ1) is 39.7. The van der Waals surface area contributed by atoms with Gasteiger partial charge >= 0.3 is 46.6 Å². The molecule has 0 spiro atoms. The molecule has 0 amide bonds. The molecule has 2 atom stereocenters. The van der Waals surface area contributed by atoms with Gasteiger partial charge < -0.3 is 43.6 Å². The van der Waals surface area contributed by atoms with E-state index in [0.29, 0.717) is 29.4 Å². The summed E-state index contributed by atoms with van der Waals surface area (Å²) in [5, 5.41) is 0. The van der Waals surface area contributed by atoms with Gasteiger partial charge in [0.2, 0.25) is 0 Å². The van der Waals surface area contributed by atoms with Crippen LogP contribution in [-0.4, -0.2) is 79.8 Å². The van der Waals surface area contributed by atoms with Gasteiger partial charge in [-0.3, -0.25) is 0 Å². The molecule has 6 aromatic rings. The van der Waals surface area contributed by atoms with Crippen molar-refractivity contribution < 1.29 is 53.2 Å². The molecule has 7 rings (SSSR count). The summed E-state index contributed by atoms with van der Waals surface area (Å²) in [5.41, 5.74) is 8.26. The predicted molar refractivity (Wildman–Crippen MR) is 370 cm³/mol. The molecule has 20 heteroatoms. The molecule has 0 radical (unpaired) electrons. The third-order valence-electron chi connectivity index (χ3n) is 13.9. The highest BCUT2D eigenvalue weighted by Gasteiger charge is 2.48. The number of fused-ring (bicyclic) bond motifs is 3. The fourth-order valence-electron chi connectivity index (χ4n) is 11.9. The molecule has 1 aliphatic rings. The van der Waals surface area contributed by atoms with Crippen LogP contribution in [0.15, 0.2) is 133 Å². The van der Waals surface area contributed by atoms with Crippen LogP contribution in [0.1, 0.15) is 64.3 Å². The average molecular weight is 1310 g/mol. The molecule has 0 N–H and O–H groups in total. The Balaban J connectivity index is 0.000000534. The molecule has 0 fully saturated rings. The minimum Gasteiger partial charge on any atom is -0.437 e. The second-order valence-corrected chi connectivity index (χ2v) is 60.7. The van der Waals surface area contributed by atoms with Crippen molar-refractivity contribution >= 4 is 79.8 Å². The van der Waals surface area contributed by atoms with Crippen molar-refractivity contribution in [2.24, 2.45) is 0 Å². The zero-order chi connectivity index (χ0) is 63.9. The van der Waals surface area contributed by atoms with E-state index in [-0.39, 0.29) is 0 Å². The van der Waals surface area contributed by atoms with Crippen molar-refractivity contribution in [2.45, 2.75) is 182 Å². The van der Waals surface area contributed by atoms with Crippen molar-refractivity contribution in [3.8, 4) is 34.1 Å². The fourth-order valence-corrected chi connectivity index (χ4v) is 48.0. The highest BCUT2D eigenvalue weighted by atomic mass is 28.5. The number of ether oxygens (including phenoxy) is 4. The van der Waals surface area contributed by atoms with Gasteiger partial charge in [-0.2, -0.15) is 0 Å². The smallest absolute Gasteiger partial charge is 0.437 e. The molecule has 0 saturated carbocycles. The Morgan fingerprint density at radius 3 is 1.17 bits per heavy atom. The van der Waals surface area contributed by atoms with Crippen molar-refractivity contribution in [3.05, 3.63) is 178 Å². The lowest BCUT2D eigenvalue weighted by molar-refractivity contribution is 0.150. The Labute approximate surface area is 524 Å². The van der Waals surface area contributed by atoms with Crippen LogP contribution < -0.4 is 18.9 Å². The minimum atomic E-state index is -2.64. The van der Waals surface area contributed by atoms with Gasteiger partial charge in [0.25, 0.3) is 0 Å². The molecule has 466 valence electrons. The molecule has 86 heavy (non-hydrogen) atoms. The van der Waals surface area contributed by atoms with Crippen molar-refractivity contribution in [3.63, 3.8) is 0 Å². The van der Waals surface area contributed by atoms with E-state index in [2.05, 4.69) is 161 Å². The summed E-state index contributed by atoms with van der Waals surface area (Å²) in [6, 6.07) is 45.3. The summed E-state index contributed by atoms with van der Waals surface area (Å²) in [6.07, 6.45) is 0.883. The lowest BCUT2D eigenvalue weighted by Crippen LogP contribution is -2.56. The third-order valence-corrected chi connectivity index (χ3v) is 41.1. The van der Waals surface area contributed by atoms with Crippen LogP contribution in [0.5, 0.6) is 23.0 Å². The molecular weight excluding hydrogens is 1210 g/mol. The first-order valence-electron chi connectivity index (χ1n) is 30.3. The van der Waals surface area contributed by atoms with Gasteiger partial charge in [-0.05, 0) is 243 Å². The monoisotopic (exact) mass is 1310 g/mol. The Bertz CT molecular complexity index is 3260. The molecule has 12 nitrogen and oxygen atoms in total. The van der Waals surface area contributed by atoms with E-state index in [1.165, 1.54) is 0 Å². The van der Waals surface area contributed by atoms with E-state index in [9.17, 15) is 9.59 Å². The number of aryl methyl sites for hydroxylation is 4. The number of carbonyl (C=O) groups excluding carboxylic acids is 2. The van der Waals surface area contributed by atoms with Crippen LogP contribution in [-0.2, 0) is 36.5 Å². The maximum atomic E-state index is 13.9. The summed E-state index contributed by atoms with van der Waals surface area (Å²) < 4.78 is 63.4. The number of carbonyl (C=O) groups is 2. The summed E-state index contributed by atoms with van der Waals surface area (Å²) in [4.78, 5) is 27.2. The topological polar surface area (TPSA) is 126 Å². The number of para-hydroxylation sites is 2. The molecule has 0 bridgehead atoms. The molecule has 0 saturated heterocycles. The molecule has 6 aromatic carbocycles. The number of hydrogen-bond acceptors (Lipinski definition) is 12. The highest BCUT2D eigenvalue weighted by Crippen LogP contribution is 2.57. The number of rotatable bonds is 24. The third kappa shape index (κ3) is 19.9. The summed E-state index contributed by atoms with van der Waals surface area (Å²) in [7, 11) is -16.2. The Hall–Kier alpha value is -4.64. The Morgan fingerprint density at radius 1 is 0.384 bits per heavy atom. The molecule has 2 unspecified atom stereocenters. The summed E-state index contributed by atoms with van der Waals surface area (Å²) >= 11 is 0. The van der Waals surface area contributed by atoms with Gasteiger partial charge in [-0.15, -0.1) is 0 Å². The largest absolute Gasteiger partial charge is 0.519 e. The van der Waals surface area contributed by atoms with E-state index in [1.807, 2.05) is 106 Å². The van der Waals surface area contributed by atoms with Crippen molar-refractivity contribution in [1.29, 1.82) is 0 Å². The molecule has 0 aliphatic heterocycles. The summed E-state index contributed by atoms with van der Waals surface area (Å²) in [6.45, 7) is 47.5. The normalized spacial score (nSPS) is 14.8. The highest BCUT2D eigenvalue weighted by molar-refractivity contribution is 6.90. The lowest BCUT2D eigenvalue weighted by Gasteiger charge is -2.41. The van der Waals surface area contributed by atoms with E-state index in [0.717, 1.165) is 80.6 Å². The Kier molecular flexibility index (Phi) is 23.0. The minimum absolute atomic E-state index is 0.362. The van der Waals surface area contributed by atoms with Crippen LogP contribution >= 0.6 is 0 Å². The standard InChI is InChI=1S/C54H64O9Si4.C12H34O3Si4/c1-38-22-13-19-29-48(38)57-52(55)59-50-36-42(33-31-39(50)2)54(46-27-17-15-25-44(46)45-26-16-18-28-47(45)54)43-34-32-40(3)51(37-43)60-53(56)58-49-30-20-14-23-41(49)24-21-35-67(12,62-65(7,8)9)63-66(10,11)61-64(4,5)6;1-11-12-19(10,14-17(5,6)7)15-18(8,9)13-16(2,3)4/h13-20,22-23,25-34,36-37H,21,24,35H2,1-12H3;11-12H2,1-10H3. The second kappa shape index (κ2) is 28.0. The van der Waals surface area contributed by atoms with Crippen LogP contribution in [0.3, 0.4) is 0 Å². The molecule has 0 heterocycles. The first kappa shape index (κ1) is 70.4. The van der Waals surface area contributed by atoms with Gasteiger partial charge in [-0.1, -0.05) is 123 Å². The van der Waals surface area contributed by atoms with Gasteiger partial charge in [0.15, 0.2) is 33.3 Å². The maximum absolute atomic E-state index is 13.9. The summed E-state index contributed by atoms with van der Waals surface area (Å²) in [5.74, 6) is 1.60. The van der Waals surface area contributed by atoms with E-state index in [4.69, 9.17) is 43.6 Å². The van der Waals surface area contributed by atoms with Gasteiger partial charge in [-0.25, -0.2) is 9.59 Å². The quantitative estimate of drug-likeness (QED) is 0.0325. The number of benzene rings is 6. The number of hydrogen-bond donors (Lipinski definition) is 0. The van der Waals surface area contributed by atoms with Gasteiger partial charge in [0.05, 0.1) is 5.41 Å². The zero-order valence-corrected chi connectivity index (χ0v) is 63.6. The van der Waals surface area contributed by atoms with Crippen LogP contribution in [0.4, 0.5) is 9.59 Å². The zero-order valence-electron chi connectivity index (χ0n) is 55.6. The van der Waals surface area contributed by atoms with E-state index >= 15 is 0 Å². The predicted octanol–water partition coefficient (Wildman–Crippen LogP) is 19.4. The average Bonchev–Trinajstić information content (AvgIpc) is 1.51. The first-order valence-corrected chi connectivity index (χ1v) is 54.6. The SMILES string of the molecule is CCC[Si](C)(O[Si](C)(C)C)O[Si](C)(C)O[Si](C)(C)C.Cc1ccccc1OC(=O)Oc1cc(C2(c3ccc(C)c(OC(=O)Oc4ccccc4CCC[Si](C)(O[Si](C)(C)C)O[Si](C)(C)O[Si](C)(C)C)c3)c3ccccc3-c3ccccc32)ccc1C. The van der Waals surface area contributed by atoms with Crippen LogP contribution in [0, 0.1) is 20.8 Å². The lowest BCUT2D eigenvalue weighted by atomic mass is 9.67. The molecule has 1 aliphatic carbocycles. The second-order valence-electron chi connectivity index (χ2n) is 27.8. The van der Waals surface area contributed by atoms with E-state index < -0.39 is 85.2 Å². The van der Waals surface area contributed by atoms with Crippen molar-refractivity contribution in [1.82, 2.24) is 0 Å². The molecule has 0 aromatic heterocycles. The van der Waals surface area contributed by atoms with Crippen LogP contribution in [0.2, 0.25) is 130 Å². The maximum Gasteiger partial charge on any atom is 0.519 e. The Morgan fingerprint density at radius 2 is 0.744 bits per heavy atom. The van der Waals surface area contributed by atoms with Crippen molar-refractivity contribution in [2.75, 3.05) is 0 Å². The van der Waals surface area contributed by atoms with Gasteiger partial charge in [0.1, 0.15) is 23.0 Å². The van der Waals surface area contributed by atoms with E-state index in [1.54, 1.807) is 12.1 Å². The molecular formula is C66H98O12Si8. The van der Waals surface area contributed by atoms with Crippen LogP contribution in [0.25, 0.3) is 11.1 Å². The van der Waals surface area contributed by atoms with Gasteiger partial charge in [0, 0.05) is 0 Å².